The molecule has 50 valence electrons. The SMILES string of the molecule is O=S1C=N[C-]=C1CCO. The molecule has 1 heterocycles. The van der Waals surface area contributed by atoms with Crippen LogP contribution < -0.4 is 0 Å². The molecule has 0 aromatic rings. The predicted molar refractivity (Wildman–Crippen MR) is 35.1 cm³/mol. The zero-order valence-corrected chi connectivity index (χ0v) is 5.52. The molecule has 1 aliphatic heterocycles. The summed E-state index contributed by atoms with van der Waals surface area (Å²) in [7, 11) is -1.11. The zero-order valence-electron chi connectivity index (χ0n) is 4.70. The zero-order chi connectivity index (χ0) is 6.69. The van der Waals surface area contributed by atoms with Gasteiger partial charge in [-0.25, -0.2) is 0 Å². The normalized spacial score (nSPS) is 24.6. The lowest BCUT2D eigenvalue weighted by molar-refractivity contribution is 0.301. The summed E-state index contributed by atoms with van der Waals surface area (Å²) in [5, 5.41) is 8.39. The topological polar surface area (TPSA) is 49.7 Å². The molecular weight excluding hydrogens is 138 g/mol. The Morgan fingerprint density at radius 3 is 3.11 bits per heavy atom. The van der Waals surface area contributed by atoms with Crippen molar-refractivity contribution in [3.05, 3.63) is 11.1 Å². The summed E-state index contributed by atoms with van der Waals surface area (Å²) in [6, 6.07) is 0. The molecule has 0 saturated heterocycles. The number of nitrogens with zero attached hydrogens (tertiary/aromatic N) is 1. The van der Waals surface area contributed by atoms with Crippen molar-refractivity contribution in [2.24, 2.45) is 4.99 Å². The van der Waals surface area contributed by atoms with Crippen molar-refractivity contribution >= 4 is 16.3 Å². The van der Waals surface area contributed by atoms with Crippen LogP contribution in [-0.4, -0.2) is 21.5 Å². The van der Waals surface area contributed by atoms with Gasteiger partial charge in [0.05, 0.1) is 0 Å². The third-order valence-corrected chi connectivity index (χ3v) is 2.00. The summed E-state index contributed by atoms with van der Waals surface area (Å²) in [6.07, 6.45) is 2.94. The number of aliphatic hydroxyl groups excluding tert-OH is 1. The van der Waals surface area contributed by atoms with E-state index in [1.165, 1.54) is 5.55 Å². The van der Waals surface area contributed by atoms with Gasteiger partial charge in [0.2, 0.25) is 0 Å². The van der Waals surface area contributed by atoms with E-state index in [9.17, 15) is 4.21 Å². The fraction of sp³-hybridized carbons (Fsp3) is 0.400. The Morgan fingerprint density at radius 2 is 2.67 bits per heavy atom. The Bertz CT molecular complexity index is 185. The van der Waals surface area contributed by atoms with Gasteiger partial charge in [-0.2, -0.15) is 0 Å². The van der Waals surface area contributed by atoms with Crippen LogP contribution in [0.15, 0.2) is 9.90 Å². The Kier molecular flexibility index (Phi) is 2.13. The summed E-state index contributed by atoms with van der Waals surface area (Å²) in [5.41, 5.74) is 1.31. The van der Waals surface area contributed by atoms with Gasteiger partial charge in [0.1, 0.15) is 0 Å². The molecule has 1 aliphatic rings. The molecule has 1 atom stereocenters. The van der Waals surface area contributed by atoms with Crippen LogP contribution >= 0.6 is 0 Å². The van der Waals surface area contributed by atoms with Crippen molar-refractivity contribution in [3.8, 4) is 0 Å². The maximum atomic E-state index is 10.7. The minimum Gasteiger partial charge on any atom is -0.449 e. The number of hydrogen-bond donors (Lipinski definition) is 1. The highest BCUT2D eigenvalue weighted by molar-refractivity contribution is 8.02. The highest BCUT2D eigenvalue weighted by atomic mass is 32.2. The van der Waals surface area contributed by atoms with Crippen LogP contribution in [-0.2, 0) is 10.8 Å². The third kappa shape index (κ3) is 1.46. The van der Waals surface area contributed by atoms with Crippen molar-refractivity contribution in [3.63, 3.8) is 0 Å². The minimum atomic E-state index is -1.11. The largest absolute Gasteiger partial charge is 0.449 e. The van der Waals surface area contributed by atoms with Gasteiger partial charge in [-0.1, -0.05) is 10.5 Å². The second kappa shape index (κ2) is 2.89. The Labute approximate surface area is 55.6 Å². The third-order valence-electron chi connectivity index (χ3n) is 0.919. The molecule has 1 N–H and O–H groups in total. The van der Waals surface area contributed by atoms with Crippen molar-refractivity contribution in [1.82, 2.24) is 0 Å². The molecule has 0 aromatic heterocycles. The Morgan fingerprint density at radius 1 is 1.89 bits per heavy atom. The lowest BCUT2D eigenvalue weighted by atomic mass is 10.4. The molecule has 4 heteroatoms. The van der Waals surface area contributed by atoms with Crippen LogP contribution in [0.5, 0.6) is 0 Å². The minimum absolute atomic E-state index is 0.0113. The van der Waals surface area contributed by atoms with Gasteiger partial charge in [-0.05, 0) is 17.2 Å². The maximum Gasteiger partial charge on any atom is 0.0462 e. The first-order valence-electron chi connectivity index (χ1n) is 2.51. The molecule has 0 amide bonds. The van der Waals surface area contributed by atoms with E-state index in [2.05, 4.69) is 11.2 Å². The van der Waals surface area contributed by atoms with E-state index in [1.807, 2.05) is 0 Å². The van der Waals surface area contributed by atoms with Crippen LogP contribution in [0.25, 0.3) is 0 Å². The molecular formula is C5H6NO2S-. The van der Waals surface area contributed by atoms with Crippen molar-refractivity contribution in [1.29, 1.82) is 0 Å². The van der Waals surface area contributed by atoms with E-state index in [-0.39, 0.29) is 6.61 Å². The second-order valence-electron chi connectivity index (χ2n) is 1.54. The molecule has 0 aliphatic carbocycles. The summed E-state index contributed by atoms with van der Waals surface area (Å²) >= 11 is 0. The lowest BCUT2D eigenvalue weighted by Gasteiger charge is -1.99. The van der Waals surface area contributed by atoms with Crippen molar-refractivity contribution in [2.75, 3.05) is 6.61 Å². The Hall–Kier alpha value is -0.480. The molecule has 0 bridgehead atoms. The van der Waals surface area contributed by atoms with Gasteiger partial charge in [-0.15, -0.1) is 6.20 Å². The van der Waals surface area contributed by atoms with E-state index in [4.69, 9.17) is 5.11 Å². The summed E-state index contributed by atoms with van der Waals surface area (Å²) < 4.78 is 10.7. The van der Waals surface area contributed by atoms with Crippen LogP contribution in [0.2, 0.25) is 0 Å². The molecule has 0 radical (unpaired) electrons. The number of hydrogen-bond acceptors (Lipinski definition) is 3. The van der Waals surface area contributed by atoms with Crippen LogP contribution in [0.1, 0.15) is 6.42 Å². The number of aliphatic imine (C=N–C) groups is 1. The van der Waals surface area contributed by atoms with E-state index in [0.29, 0.717) is 11.3 Å². The van der Waals surface area contributed by atoms with E-state index in [1.54, 1.807) is 0 Å². The average molecular weight is 144 g/mol. The first kappa shape index (κ1) is 6.64. The molecule has 9 heavy (non-hydrogen) atoms. The molecule has 0 spiro atoms. The number of aliphatic hydroxyl groups is 1. The van der Waals surface area contributed by atoms with Crippen LogP contribution in [0.4, 0.5) is 0 Å². The van der Waals surface area contributed by atoms with Crippen molar-refractivity contribution in [2.45, 2.75) is 6.42 Å². The molecule has 1 unspecified atom stereocenters. The fourth-order valence-corrected chi connectivity index (χ4v) is 1.22. The first-order chi connectivity index (χ1) is 4.34. The lowest BCUT2D eigenvalue weighted by Crippen LogP contribution is -1.93. The molecule has 3 nitrogen and oxygen atoms in total. The van der Waals surface area contributed by atoms with Gasteiger partial charge >= 0.3 is 0 Å². The molecule has 0 saturated carbocycles. The van der Waals surface area contributed by atoms with Gasteiger partial charge in [0, 0.05) is 6.61 Å². The molecule has 0 fully saturated rings. The number of rotatable bonds is 2. The maximum absolute atomic E-state index is 10.7. The highest BCUT2D eigenvalue weighted by Crippen LogP contribution is 2.09. The van der Waals surface area contributed by atoms with Gasteiger partial charge in [0.15, 0.2) is 0 Å². The van der Waals surface area contributed by atoms with Crippen LogP contribution in [0.3, 0.4) is 0 Å². The van der Waals surface area contributed by atoms with Crippen molar-refractivity contribution < 1.29 is 9.32 Å². The smallest absolute Gasteiger partial charge is 0.0462 e. The summed E-state index contributed by atoms with van der Waals surface area (Å²) in [4.78, 5) is 4.12. The second-order valence-corrected chi connectivity index (χ2v) is 2.84. The average Bonchev–Trinajstić information content (AvgIpc) is 2.18. The van der Waals surface area contributed by atoms with Gasteiger partial charge in [-0.3, -0.25) is 4.21 Å². The van der Waals surface area contributed by atoms with E-state index < -0.39 is 10.8 Å². The first-order valence-corrected chi connectivity index (χ1v) is 3.72. The fourth-order valence-electron chi connectivity index (χ4n) is 0.513. The standard InChI is InChI=1S/C5H6NO2S/c7-2-1-5-3-6-4-9(5)8/h4,7H,1-2H2/q-1. The van der Waals surface area contributed by atoms with E-state index >= 15 is 0 Å². The highest BCUT2D eigenvalue weighted by Gasteiger charge is 1.97. The Balaban J connectivity index is 2.54. The van der Waals surface area contributed by atoms with Crippen LogP contribution in [0, 0.1) is 6.20 Å². The summed E-state index contributed by atoms with van der Waals surface area (Å²) in [6.45, 7) is 0.0113. The van der Waals surface area contributed by atoms with E-state index in [0.717, 1.165) is 0 Å². The van der Waals surface area contributed by atoms with Gasteiger partial charge < -0.3 is 10.1 Å². The predicted octanol–water partition coefficient (Wildman–Crippen LogP) is -0.196. The quantitative estimate of drug-likeness (QED) is 0.546. The molecule has 1 rings (SSSR count). The van der Waals surface area contributed by atoms with Gasteiger partial charge in [0.25, 0.3) is 0 Å². The monoisotopic (exact) mass is 144 g/mol. The summed E-state index contributed by atoms with van der Waals surface area (Å²) in [5.74, 6) is 0. The molecule has 0 aromatic carbocycles.